The minimum atomic E-state index is 0.286. The Balaban J connectivity index is 2.26. The minimum Gasteiger partial charge on any atom is -0.382 e. The van der Waals surface area contributed by atoms with E-state index in [0.717, 1.165) is 23.7 Å². The lowest BCUT2D eigenvalue weighted by atomic mass is 10.0. The maximum atomic E-state index is 5.88. The van der Waals surface area contributed by atoms with Crippen molar-refractivity contribution in [3.63, 3.8) is 0 Å². The average Bonchev–Trinajstić information content (AvgIpc) is 2.17. The fourth-order valence-corrected chi connectivity index (χ4v) is 1.77. The zero-order valence-electron chi connectivity index (χ0n) is 7.51. The second kappa shape index (κ2) is 3.56. The standard InChI is InChI=1S/C10H12ClNO/c1-13-9-4-7-2-3-8(11)5-10(7)12-6-9/h2-3,5,9,12H,4,6H2,1H3. The summed E-state index contributed by atoms with van der Waals surface area (Å²) in [6.07, 6.45) is 1.25. The first-order valence-corrected chi connectivity index (χ1v) is 4.72. The summed E-state index contributed by atoms with van der Waals surface area (Å²) in [5.41, 5.74) is 2.42. The van der Waals surface area contributed by atoms with Gasteiger partial charge in [0.05, 0.1) is 6.10 Å². The van der Waals surface area contributed by atoms with Gasteiger partial charge in [-0.15, -0.1) is 0 Å². The number of hydrogen-bond acceptors (Lipinski definition) is 2. The highest BCUT2D eigenvalue weighted by atomic mass is 35.5. The summed E-state index contributed by atoms with van der Waals surface area (Å²) in [5, 5.41) is 4.07. The second-order valence-electron chi connectivity index (χ2n) is 3.24. The molecule has 1 aliphatic rings. The number of rotatable bonds is 1. The maximum Gasteiger partial charge on any atom is 0.0784 e. The molecule has 0 saturated carbocycles. The Kier molecular flexibility index (Phi) is 2.42. The number of ether oxygens (including phenoxy) is 1. The Labute approximate surface area is 82.9 Å². The van der Waals surface area contributed by atoms with Crippen LogP contribution in [0.1, 0.15) is 5.56 Å². The van der Waals surface area contributed by atoms with Crippen molar-refractivity contribution in [1.29, 1.82) is 0 Å². The highest BCUT2D eigenvalue weighted by molar-refractivity contribution is 6.30. The van der Waals surface area contributed by atoms with E-state index in [1.807, 2.05) is 12.1 Å². The number of fused-ring (bicyclic) bond motifs is 1. The van der Waals surface area contributed by atoms with Gasteiger partial charge >= 0.3 is 0 Å². The Morgan fingerprint density at radius 3 is 3.15 bits per heavy atom. The third-order valence-corrected chi connectivity index (χ3v) is 2.61. The van der Waals surface area contributed by atoms with Crippen molar-refractivity contribution in [2.24, 2.45) is 0 Å². The van der Waals surface area contributed by atoms with Crippen molar-refractivity contribution < 1.29 is 4.74 Å². The van der Waals surface area contributed by atoms with Crippen LogP contribution in [0.5, 0.6) is 0 Å². The van der Waals surface area contributed by atoms with Crippen LogP contribution in [0.2, 0.25) is 5.02 Å². The van der Waals surface area contributed by atoms with E-state index >= 15 is 0 Å². The number of benzene rings is 1. The van der Waals surface area contributed by atoms with Crippen LogP contribution in [0.15, 0.2) is 18.2 Å². The molecule has 2 nitrogen and oxygen atoms in total. The van der Waals surface area contributed by atoms with Gasteiger partial charge in [0.25, 0.3) is 0 Å². The number of nitrogens with one attached hydrogen (secondary N) is 1. The topological polar surface area (TPSA) is 21.3 Å². The third-order valence-electron chi connectivity index (χ3n) is 2.37. The Hall–Kier alpha value is -0.730. The van der Waals surface area contributed by atoms with Gasteiger partial charge in [-0.05, 0) is 17.7 Å². The Morgan fingerprint density at radius 2 is 2.38 bits per heavy atom. The highest BCUT2D eigenvalue weighted by Crippen LogP contribution is 2.25. The molecule has 1 atom stereocenters. The first-order chi connectivity index (χ1) is 6.29. The van der Waals surface area contributed by atoms with Gasteiger partial charge in [0.2, 0.25) is 0 Å². The van der Waals surface area contributed by atoms with Crippen molar-refractivity contribution in [1.82, 2.24) is 0 Å². The lowest BCUT2D eigenvalue weighted by Gasteiger charge is -2.25. The molecule has 0 aromatic heterocycles. The predicted molar refractivity (Wildman–Crippen MR) is 54.4 cm³/mol. The van der Waals surface area contributed by atoms with E-state index in [2.05, 4.69) is 11.4 Å². The smallest absolute Gasteiger partial charge is 0.0784 e. The molecule has 0 saturated heterocycles. The molecular formula is C10H12ClNO. The zero-order valence-corrected chi connectivity index (χ0v) is 8.27. The van der Waals surface area contributed by atoms with Crippen LogP contribution in [-0.4, -0.2) is 19.8 Å². The molecule has 13 heavy (non-hydrogen) atoms. The fraction of sp³-hybridized carbons (Fsp3) is 0.400. The van der Waals surface area contributed by atoms with Crippen LogP contribution in [0, 0.1) is 0 Å². The number of anilines is 1. The molecule has 0 fully saturated rings. The normalized spacial score (nSPS) is 20.6. The van der Waals surface area contributed by atoms with Crippen LogP contribution < -0.4 is 5.32 Å². The number of hydrogen-bond donors (Lipinski definition) is 1. The molecule has 1 unspecified atom stereocenters. The number of methoxy groups -OCH3 is 1. The van der Waals surface area contributed by atoms with Crippen molar-refractivity contribution in [3.05, 3.63) is 28.8 Å². The molecular weight excluding hydrogens is 186 g/mol. The first kappa shape index (κ1) is 8.85. The Morgan fingerprint density at radius 1 is 1.54 bits per heavy atom. The van der Waals surface area contributed by atoms with Crippen LogP contribution in [0.25, 0.3) is 0 Å². The van der Waals surface area contributed by atoms with E-state index in [1.54, 1.807) is 7.11 Å². The number of halogens is 1. The summed E-state index contributed by atoms with van der Waals surface area (Å²) in [6, 6.07) is 5.93. The molecule has 1 aromatic rings. The van der Waals surface area contributed by atoms with Gasteiger partial charge in [-0.25, -0.2) is 0 Å². The molecule has 1 heterocycles. The SMILES string of the molecule is COC1CNc2cc(Cl)ccc2C1. The Bertz CT molecular complexity index is 314. The summed E-state index contributed by atoms with van der Waals surface area (Å²) >= 11 is 5.88. The van der Waals surface area contributed by atoms with Gasteiger partial charge < -0.3 is 10.1 Å². The molecule has 1 aromatic carbocycles. The van der Waals surface area contributed by atoms with E-state index < -0.39 is 0 Å². The van der Waals surface area contributed by atoms with Crippen LogP contribution >= 0.6 is 11.6 Å². The third kappa shape index (κ3) is 1.79. The summed E-state index contributed by atoms with van der Waals surface area (Å²) in [4.78, 5) is 0. The first-order valence-electron chi connectivity index (χ1n) is 4.34. The van der Waals surface area contributed by atoms with Gasteiger partial charge in [0.15, 0.2) is 0 Å². The summed E-state index contributed by atoms with van der Waals surface area (Å²) < 4.78 is 5.28. The van der Waals surface area contributed by atoms with Crippen molar-refractivity contribution >= 4 is 17.3 Å². The van der Waals surface area contributed by atoms with Crippen LogP contribution in [0.3, 0.4) is 0 Å². The van der Waals surface area contributed by atoms with Gasteiger partial charge in [-0.3, -0.25) is 0 Å². The average molecular weight is 198 g/mol. The maximum absolute atomic E-state index is 5.88. The van der Waals surface area contributed by atoms with Crippen LogP contribution in [-0.2, 0) is 11.2 Å². The van der Waals surface area contributed by atoms with E-state index in [9.17, 15) is 0 Å². The van der Waals surface area contributed by atoms with Gasteiger partial charge in [-0.1, -0.05) is 17.7 Å². The molecule has 3 heteroatoms. The van der Waals surface area contributed by atoms with E-state index in [4.69, 9.17) is 16.3 Å². The molecule has 2 rings (SSSR count). The largest absolute Gasteiger partial charge is 0.382 e. The molecule has 0 spiro atoms. The molecule has 70 valence electrons. The van der Waals surface area contributed by atoms with E-state index in [0.29, 0.717) is 0 Å². The molecule has 1 N–H and O–H groups in total. The van der Waals surface area contributed by atoms with Crippen molar-refractivity contribution in [3.8, 4) is 0 Å². The highest BCUT2D eigenvalue weighted by Gasteiger charge is 2.17. The molecule has 0 bridgehead atoms. The quantitative estimate of drug-likeness (QED) is 0.746. The van der Waals surface area contributed by atoms with Crippen LogP contribution in [0.4, 0.5) is 5.69 Å². The molecule has 0 aliphatic carbocycles. The predicted octanol–water partition coefficient (Wildman–Crippen LogP) is 2.32. The summed E-state index contributed by atoms with van der Waals surface area (Å²) in [5.74, 6) is 0. The second-order valence-corrected chi connectivity index (χ2v) is 3.68. The summed E-state index contributed by atoms with van der Waals surface area (Å²) in [6.45, 7) is 0.865. The van der Waals surface area contributed by atoms with E-state index in [1.165, 1.54) is 5.56 Å². The minimum absolute atomic E-state index is 0.286. The van der Waals surface area contributed by atoms with Gasteiger partial charge in [0, 0.05) is 30.8 Å². The molecule has 0 amide bonds. The van der Waals surface area contributed by atoms with Crippen molar-refractivity contribution in [2.75, 3.05) is 19.0 Å². The lowest BCUT2D eigenvalue weighted by Crippen LogP contribution is -2.29. The lowest BCUT2D eigenvalue weighted by molar-refractivity contribution is 0.111. The van der Waals surface area contributed by atoms with Gasteiger partial charge in [0.1, 0.15) is 0 Å². The fourth-order valence-electron chi connectivity index (χ4n) is 1.60. The monoisotopic (exact) mass is 197 g/mol. The van der Waals surface area contributed by atoms with E-state index in [-0.39, 0.29) is 6.10 Å². The summed E-state index contributed by atoms with van der Waals surface area (Å²) in [7, 11) is 1.74. The molecule has 0 radical (unpaired) electrons. The van der Waals surface area contributed by atoms with Crippen molar-refractivity contribution in [2.45, 2.75) is 12.5 Å². The molecule has 1 aliphatic heterocycles. The van der Waals surface area contributed by atoms with Gasteiger partial charge in [-0.2, -0.15) is 0 Å². The zero-order chi connectivity index (χ0) is 9.26.